The van der Waals surface area contributed by atoms with Gasteiger partial charge in [0.15, 0.2) is 0 Å². The van der Waals surface area contributed by atoms with Gasteiger partial charge < -0.3 is 20.2 Å². The lowest BCUT2D eigenvalue weighted by molar-refractivity contribution is -0.114. The van der Waals surface area contributed by atoms with Crippen LogP contribution in [0.3, 0.4) is 0 Å². The van der Waals surface area contributed by atoms with Crippen molar-refractivity contribution in [3.8, 4) is 0 Å². The number of benzene rings is 2. The number of anilines is 5. The van der Waals surface area contributed by atoms with Crippen molar-refractivity contribution < 1.29 is 9.90 Å². The Morgan fingerprint density at radius 1 is 1.11 bits per heavy atom. The molecular formula is C29H28N6O3. The van der Waals surface area contributed by atoms with Crippen molar-refractivity contribution >= 4 is 45.6 Å². The Bertz CT molecular complexity index is 1610. The Labute approximate surface area is 219 Å². The topological polar surface area (TPSA) is 104 Å². The van der Waals surface area contributed by atoms with E-state index in [1.807, 2.05) is 66.4 Å². The molecule has 0 unspecified atom stereocenters. The molecule has 0 spiro atoms. The van der Waals surface area contributed by atoms with E-state index in [0.29, 0.717) is 43.2 Å². The largest absolute Gasteiger partial charge is 0.393 e. The fourth-order valence-electron chi connectivity index (χ4n) is 5.34. The standard InChI is InChI=1S/C29H28N6O3/c1-3-25(37)34-13-12-33(23-11-7-8-18(2)26(23)34)24-14-19-17-30-29(31-20-9-5-4-6-10-20)32-27(19)35(28(24)38)21-15-22(36)16-21/h3-11,14,17,21-22,36H,1,12-13,15-16H2,2H3,(H,30,31,32). The maximum atomic E-state index is 14.1. The number of fused-ring (bicyclic) bond motifs is 2. The smallest absolute Gasteiger partial charge is 0.276 e. The molecular weight excluding hydrogens is 480 g/mol. The molecule has 0 bridgehead atoms. The van der Waals surface area contributed by atoms with Crippen molar-refractivity contribution in [3.05, 3.63) is 89.4 Å². The summed E-state index contributed by atoms with van der Waals surface area (Å²) in [6, 6.07) is 17.1. The highest BCUT2D eigenvalue weighted by molar-refractivity contribution is 6.05. The number of carbonyl (C=O) groups is 1. The average Bonchev–Trinajstić information content (AvgIpc) is 2.91. The Kier molecular flexibility index (Phi) is 5.92. The summed E-state index contributed by atoms with van der Waals surface area (Å²) in [6.07, 6.45) is 3.57. The summed E-state index contributed by atoms with van der Waals surface area (Å²) in [6.45, 7) is 6.46. The number of carbonyl (C=O) groups excluding carboxylic acids is 1. The molecule has 2 aromatic heterocycles. The van der Waals surface area contributed by atoms with Crippen molar-refractivity contribution in [2.75, 3.05) is 28.2 Å². The molecule has 4 aromatic rings. The molecule has 2 N–H and O–H groups in total. The van der Waals surface area contributed by atoms with E-state index < -0.39 is 6.10 Å². The third kappa shape index (κ3) is 4.01. The zero-order valence-corrected chi connectivity index (χ0v) is 21.0. The minimum absolute atomic E-state index is 0.167. The highest BCUT2D eigenvalue weighted by Crippen LogP contribution is 2.40. The Balaban J connectivity index is 1.50. The van der Waals surface area contributed by atoms with Crippen LogP contribution in [0.2, 0.25) is 0 Å². The van der Waals surface area contributed by atoms with Crippen LogP contribution in [0.1, 0.15) is 24.4 Å². The van der Waals surface area contributed by atoms with Crippen LogP contribution in [-0.2, 0) is 4.79 Å². The summed E-state index contributed by atoms with van der Waals surface area (Å²) in [4.78, 5) is 39.7. The van der Waals surface area contributed by atoms with Crippen molar-refractivity contribution in [3.63, 3.8) is 0 Å². The summed E-state index contributed by atoms with van der Waals surface area (Å²) < 4.78 is 1.70. The van der Waals surface area contributed by atoms with E-state index in [9.17, 15) is 14.7 Å². The molecule has 1 fully saturated rings. The molecule has 1 amide bonds. The predicted molar refractivity (Wildman–Crippen MR) is 149 cm³/mol. The summed E-state index contributed by atoms with van der Waals surface area (Å²) in [5.41, 5.74) is 4.16. The van der Waals surface area contributed by atoms with Crippen LogP contribution in [0.5, 0.6) is 0 Å². The summed E-state index contributed by atoms with van der Waals surface area (Å²) in [5, 5.41) is 14.0. The van der Waals surface area contributed by atoms with Gasteiger partial charge >= 0.3 is 0 Å². The monoisotopic (exact) mass is 508 g/mol. The second kappa shape index (κ2) is 9.42. The number of nitrogens with one attached hydrogen (secondary N) is 1. The highest BCUT2D eigenvalue weighted by Gasteiger charge is 2.34. The number of aliphatic hydroxyl groups excluding tert-OH is 1. The highest BCUT2D eigenvalue weighted by atomic mass is 16.3. The van der Waals surface area contributed by atoms with Crippen LogP contribution in [-0.4, -0.2) is 44.7 Å². The molecule has 0 atom stereocenters. The lowest BCUT2D eigenvalue weighted by atomic mass is 9.89. The van der Waals surface area contributed by atoms with Gasteiger partial charge in [0.25, 0.3) is 11.5 Å². The number of hydrogen-bond donors (Lipinski definition) is 2. The number of para-hydroxylation sites is 2. The van der Waals surface area contributed by atoms with Gasteiger partial charge in [0.05, 0.1) is 17.5 Å². The summed E-state index contributed by atoms with van der Waals surface area (Å²) in [5.74, 6) is 0.216. The maximum absolute atomic E-state index is 14.1. The van der Waals surface area contributed by atoms with Gasteiger partial charge in [-0.2, -0.15) is 4.98 Å². The van der Waals surface area contributed by atoms with E-state index in [1.165, 1.54) is 6.08 Å². The van der Waals surface area contributed by atoms with Crippen molar-refractivity contribution in [1.29, 1.82) is 0 Å². The molecule has 9 heteroatoms. The van der Waals surface area contributed by atoms with E-state index in [2.05, 4.69) is 16.9 Å². The van der Waals surface area contributed by atoms with Gasteiger partial charge in [-0.3, -0.25) is 14.2 Å². The molecule has 0 radical (unpaired) electrons. The van der Waals surface area contributed by atoms with Gasteiger partial charge in [0, 0.05) is 36.4 Å². The normalized spacial score (nSPS) is 18.6. The molecule has 2 aliphatic rings. The molecule has 2 aromatic carbocycles. The molecule has 38 heavy (non-hydrogen) atoms. The quantitative estimate of drug-likeness (QED) is 0.389. The number of aliphatic hydroxyl groups is 1. The average molecular weight is 509 g/mol. The number of aromatic nitrogens is 3. The second-order valence-corrected chi connectivity index (χ2v) is 9.74. The third-order valence-electron chi connectivity index (χ3n) is 7.29. The summed E-state index contributed by atoms with van der Waals surface area (Å²) in [7, 11) is 0. The van der Waals surface area contributed by atoms with E-state index in [4.69, 9.17) is 4.98 Å². The fraction of sp³-hybridized carbons (Fsp3) is 0.241. The molecule has 1 aliphatic carbocycles. The first-order valence-corrected chi connectivity index (χ1v) is 12.7. The minimum Gasteiger partial charge on any atom is -0.393 e. The number of nitrogens with zero attached hydrogens (tertiary/aromatic N) is 5. The first-order chi connectivity index (χ1) is 18.4. The first-order valence-electron chi connectivity index (χ1n) is 12.7. The number of hydrogen-bond acceptors (Lipinski definition) is 7. The number of pyridine rings is 1. The van der Waals surface area contributed by atoms with Gasteiger partial charge in [-0.25, -0.2) is 4.98 Å². The molecule has 1 aliphatic heterocycles. The van der Waals surface area contributed by atoms with E-state index in [1.54, 1.807) is 15.7 Å². The van der Waals surface area contributed by atoms with E-state index in [-0.39, 0.29) is 17.5 Å². The second-order valence-electron chi connectivity index (χ2n) is 9.74. The molecule has 9 nitrogen and oxygen atoms in total. The van der Waals surface area contributed by atoms with Crippen LogP contribution >= 0.6 is 0 Å². The van der Waals surface area contributed by atoms with Gasteiger partial charge in [-0.05, 0) is 55.7 Å². The van der Waals surface area contributed by atoms with E-state index >= 15 is 0 Å². The van der Waals surface area contributed by atoms with Crippen LogP contribution in [0.15, 0.2) is 78.2 Å². The molecule has 3 heterocycles. The molecule has 6 rings (SSSR count). The van der Waals surface area contributed by atoms with Crippen LogP contribution in [0.25, 0.3) is 11.0 Å². The maximum Gasteiger partial charge on any atom is 0.276 e. The van der Waals surface area contributed by atoms with Crippen molar-refractivity contribution in [2.24, 2.45) is 0 Å². The minimum atomic E-state index is -0.439. The Morgan fingerprint density at radius 2 is 1.89 bits per heavy atom. The number of aryl methyl sites for hydroxylation is 1. The van der Waals surface area contributed by atoms with Crippen molar-refractivity contribution in [2.45, 2.75) is 31.9 Å². The Hall–Kier alpha value is -4.50. The molecule has 192 valence electrons. The van der Waals surface area contributed by atoms with Crippen LogP contribution in [0, 0.1) is 6.92 Å². The predicted octanol–water partition coefficient (Wildman–Crippen LogP) is 4.21. The lowest BCUT2D eigenvalue weighted by Crippen LogP contribution is -2.45. The molecule has 0 saturated heterocycles. The van der Waals surface area contributed by atoms with Gasteiger partial charge in [0.2, 0.25) is 5.95 Å². The van der Waals surface area contributed by atoms with Gasteiger partial charge in [-0.15, -0.1) is 0 Å². The van der Waals surface area contributed by atoms with E-state index in [0.717, 1.165) is 28.0 Å². The zero-order chi connectivity index (χ0) is 26.4. The fourth-order valence-corrected chi connectivity index (χ4v) is 5.34. The third-order valence-corrected chi connectivity index (χ3v) is 7.29. The van der Waals surface area contributed by atoms with Crippen LogP contribution in [0.4, 0.5) is 28.7 Å². The number of amides is 1. The first kappa shape index (κ1) is 23.9. The summed E-state index contributed by atoms with van der Waals surface area (Å²) >= 11 is 0. The van der Waals surface area contributed by atoms with Crippen LogP contribution < -0.4 is 20.7 Å². The lowest BCUT2D eigenvalue weighted by Gasteiger charge is -2.39. The SMILES string of the molecule is C=CC(=O)N1CCN(c2cc3cnc(Nc4ccccc4)nc3n(C3CC(O)C3)c2=O)c2cccc(C)c21. The zero-order valence-electron chi connectivity index (χ0n) is 21.0. The Morgan fingerprint density at radius 3 is 2.63 bits per heavy atom. The van der Waals surface area contributed by atoms with Crippen molar-refractivity contribution in [1.82, 2.24) is 14.5 Å². The van der Waals surface area contributed by atoms with Gasteiger partial charge in [-0.1, -0.05) is 36.9 Å². The van der Waals surface area contributed by atoms with Gasteiger partial charge in [0.1, 0.15) is 11.3 Å². The molecule has 1 saturated carbocycles. The number of rotatable bonds is 5.